The second kappa shape index (κ2) is 9.31. The highest BCUT2D eigenvalue weighted by atomic mass is 35.5. The summed E-state index contributed by atoms with van der Waals surface area (Å²) in [6.07, 6.45) is 2.47. The molecule has 4 rings (SSSR count). The van der Waals surface area contributed by atoms with Crippen LogP contribution in [0.3, 0.4) is 0 Å². The first-order valence-corrected chi connectivity index (χ1v) is 11.9. The van der Waals surface area contributed by atoms with Crippen molar-refractivity contribution in [3.63, 3.8) is 0 Å². The van der Waals surface area contributed by atoms with Gasteiger partial charge in [0.2, 0.25) is 5.17 Å². The Bertz CT molecular complexity index is 1290. The zero-order valence-electron chi connectivity index (χ0n) is 19.9. The van der Waals surface area contributed by atoms with Crippen LogP contribution in [0, 0.1) is 25.2 Å². The van der Waals surface area contributed by atoms with E-state index in [0.29, 0.717) is 27.6 Å². The van der Waals surface area contributed by atoms with Gasteiger partial charge in [-0.3, -0.25) is 10.2 Å². The number of nitrogens with one attached hydrogen (secondary N) is 1. The van der Waals surface area contributed by atoms with Gasteiger partial charge < -0.3 is 14.0 Å². The monoisotopic (exact) mass is 499 g/mol. The van der Waals surface area contributed by atoms with Crippen molar-refractivity contribution in [2.45, 2.75) is 34.1 Å². The average Bonchev–Trinajstić information content (AvgIpc) is 3.29. The van der Waals surface area contributed by atoms with Gasteiger partial charge in [0.25, 0.3) is 5.91 Å². The van der Waals surface area contributed by atoms with Crippen LogP contribution in [0.15, 0.2) is 33.9 Å². The van der Waals surface area contributed by atoms with Gasteiger partial charge in [0, 0.05) is 23.9 Å². The molecule has 1 aromatic carbocycles. The SMILES string of the molecule is COc1cc(OC)c(-n2c(C)cc(C=C3C(=N)N4N=C(CC(C)C)SC4=NC3=O)c2C)cc1Cl. The Hall–Kier alpha value is -3.04. The van der Waals surface area contributed by atoms with Crippen molar-refractivity contribution in [3.8, 4) is 17.2 Å². The zero-order chi connectivity index (χ0) is 24.7. The lowest BCUT2D eigenvalue weighted by Crippen LogP contribution is -2.35. The number of aliphatic imine (C=N–C) groups is 1. The van der Waals surface area contributed by atoms with Crippen molar-refractivity contribution < 1.29 is 14.3 Å². The number of carbonyl (C=O) groups excluding carboxylic acids is 1. The molecule has 0 atom stereocenters. The molecule has 0 saturated heterocycles. The lowest BCUT2D eigenvalue weighted by atomic mass is 10.1. The van der Waals surface area contributed by atoms with Crippen LogP contribution in [0.5, 0.6) is 11.5 Å². The third-order valence-corrected chi connectivity index (χ3v) is 6.77. The van der Waals surface area contributed by atoms with E-state index in [1.807, 2.05) is 24.5 Å². The van der Waals surface area contributed by atoms with Crippen molar-refractivity contribution in [2.24, 2.45) is 16.0 Å². The van der Waals surface area contributed by atoms with Gasteiger partial charge in [0.15, 0.2) is 5.84 Å². The maximum absolute atomic E-state index is 12.8. The predicted octanol–water partition coefficient (Wildman–Crippen LogP) is 5.43. The van der Waals surface area contributed by atoms with Crippen LogP contribution in [0.1, 0.15) is 37.2 Å². The van der Waals surface area contributed by atoms with Crippen molar-refractivity contribution >= 4 is 51.4 Å². The molecular weight excluding hydrogens is 474 g/mol. The largest absolute Gasteiger partial charge is 0.495 e. The number of hydrogen-bond acceptors (Lipinski definition) is 6. The normalized spacial score (nSPS) is 16.8. The molecule has 0 unspecified atom stereocenters. The van der Waals surface area contributed by atoms with Gasteiger partial charge in [-0.15, -0.1) is 0 Å². The minimum atomic E-state index is -0.445. The first kappa shape index (κ1) is 24.1. The minimum absolute atomic E-state index is 0.0242. The smallest absolute Gasteiger partial charge is 0.283 e. The molecule has 0 aliphatic carbocycles. The number of hydrogen-bond donors (Lipinski definition) is 1. The van der Waals surface area contributed by atoms with Crippen LogP contribution in [-0.2, 0) is 4.79 Å². The molecule has 178 valence electrons. The molecule has 1 amide bonds. The van der Waals surface area contributed by atoms with Crippen molar-refractivity contribution in [2.75, 3.05) is 14.2 Å². The highest BCUT2D eigenvalue weighted by Crippen LogP contribution is 2.37. The molecule has 10 heteroatoms. The molecule has 2 aromatic rings. The number of amidine groups is 2. The quantitative estimate of drug-likeness (QED) is 0.535. The molecule has 2 aliphatic heterocycles. The van der Waals surface area contributed by atoms with Gasteiger partial charge >= 0.3 is 0 Å². The molecular formula is C24H26ClN5O3S. The number of nitrogens with zero attached hydrogens (tertiary/aromatic N) is 4. The summed E-state index contributed by atoms with van der Waals surface area (Å²) < 4.78 is 12.9. The van der Waals surface area contributed by atoms with Crippen LogP contribution in [0.25, 0.3) is 11.8 Å². The van der Waals surface area contributed by atoms with Gasteiger partial charge in [-0.1, -0.05) is 25.4 Å². The Labute approximate surface area is 207 Å². The van der Waals surface area contributed by atoms with Gasteiger partial charge in [-0.05, 0) is 55.3 Å². The van der Waals surface area contributed by atoms with Gasteiger partial charge in [0.1, 0.15) is 16.5 Å². The van der Waals surface area contributed by atoms with E-state index in [1.165, 1.54) is 16.8 Å². The number of aromatic nitrogens is 1. The maximum atomic E-state index is 12.8. The van der Waals surface area contributed by atoms with Crippen LogP contribution in [0.2, 0.25) is 5.02 Å². The first-order chi connectivity index (χ1) is 16.1. The highest BCUT2D eigenvalue weighted by Gasteiger charge is 2.35. The Kier molecular flexibility index (Phi) is 6.60. The van der Waals surface area contributed by atoms with Crippen LogP contribution in [0.4, 0.5) is 0 Å². The molecule has 0 radical (unpaired) electrons. The summed E-state index contributed by atoms with van der Waals surface area (Å²) >= 11 is 7.75. The fraction of sp³-hybridized carbons (Fsp3) is 0.333. The highest BCUT2D eigenvalue weighted by molar-refractivity contribution is 8.26. The van der Waals surface area contributed by atoms with Gasteiger partial charge in [-0.25, -0.2) is 0 Å². The van der Waals surface area contributed by atoms with Crippen molar-refractivity contribution in [1.82, 2.24) is 9.58 Å². The Morgan fingerprint density at radius 3 is 2.53 bits per heavy atom. The average molecular weight is 500 g/mol. The summed E-state index contributed by atoms with van der Waals surface area (Å²) in [5.74, 6) is 1.11. The number of fused-ring (bicyclic) bond motifs is 1. The molecule has 8 nitrogen and oxygen atoms in total. The molecule has 0 saturated carbocycles. The number of rotatable bonds is 6. The van der Waals surface area contributed by atoms with E-state index in [0.717, 1.165) is 34.1 Å². The minimum Gasteiger partial charge on any atom is -0.495 e. The Balaban J connectivity index is 1.75. The van der Waals surface area contributed by atoms with Crippen molar-refractivity contribution in [3.05, 3.63) is 45.7 Å². The second-order valence-electron chi connectivity index (χ2n) is 8.43. The second-order valence-corrected chi connectivity index (χ2v) is 9.88. The summed E-state index contributed by atoms with van der Waals surface area (Å²) in [5, 5.41) is 16.3. The summed E-state index contributed by atoms with van der Waals surface area (Å²) in [4.78, 5) is 17.0. The summed E-state index contributed by atoms with van der Waals surface area (Å²) in [6.45, 7) is 8.10. The third-order valence-electron chi connectivity index (χ3n) is 5.54. The summed E-state index contributed by atoms with van der Waals surface area (Å²) in [6, 6.07) is 5.47. The van der Waals surface area contributed by atoms with Crippen LogP contribution < -0.4 is 9.47 Å². The lowest BCUT2D eigenvalue weighted by molar-refractivity contribution is -0.114. The van der Waals surface area contributed by atoms with E-state index in [1.54, 1.807) is 32.4 Å². The number of thioether (sulfide) groups is 1. The molecule has 34 heavy (non-hydrogen) atoms. The van der Waals surface area contributed by atoms with E-state index in [-0.39, 0.29) is 11.4 Å². The Morgan fingerprint density at radius 1 is 1.18 bits per heavy atom. The number of aryl methyl sites for hydroxylation is 1. The summed E-state index contributed by atoms with van der Waals surface area (Å²) in [7, 11) is 3.14. The molecule has 3 heterocycles. The zero-order valence-corrected chi connectivity index (χ0v) is 21.5. The van der Waals surface area contributed by atoms with E-state index in [9.17, 15) is 4.79 Å². The number of carbonyl (C=O) groups is 1. The molecule has 0 fully saturated rings. The summed E-state index contributed by atoms with van der Waals surface area (Å²) in [5.41, 5.74) is 3.50. The number of methoxy groups -OCH3 is 2. The lowest BCUT2D eigenvalue weighted by Gasteiger charge is -2.20. The number of hydrazone groups is 1. The van der Waals surface area contributed by atoms with Crippen LogP contribution in [-0.4, -0.2) is 45.7 Å². The first-order valence-electron chi connectivity index (χ1n) is 10.7. The number of amides is 1. The number of benzene rings is 1. The van der Waals surface area contributed by atoms with E-state index < -0.39 is 5.91 Å². The van der Waals surface area contributed by atoms with E-state index in [4.69, 9.17) is 26.5 Å². The fourth-order valence-corrected chi connectivity index (χ4v) is 5.27. The topological polar surface area (TPSA) is 92.3 Å². The maximum Gasteiger partial charge on any atom is 0.283 e. The standard InChI is InChI=1S/C24H26ClN5O3S/c1-12(2)7-21-28-30-22(26)16(23(31)27-24(30)34-21)9-15-8-13(3)29(14(15)4)18-10-17(25)19(32-5)11-20(18)33-6/h8-12,26H,7H2,1-6H3. The molecule has 1 aromatic heterocycles. The number of halogens is 1. The van der Waals surface area contributed by atoms with E-state index in [2.05, 4.69) is 23.9 Å². The molecule has 2 aliphatic rings. The predicted molar refractivity (Wildman–Crippen MR) is 138 cm³/mol. The third kappa shape index (κ3) is 4.25. The number of ether oxygens (including phenoxy) is 2. The fourth-order valence-electron chi connectivity index (χ4n) is 3.94. The van der Waals surface area contributed by atoms with Crippen molar-refractivity contribution in [1.29, 1.82) is 5.41 Å². The van der Waals surface area contributed by atoms with Crippen LogP contribution >= 0.6 is 23.4 Å². The van der Waals surface area contributed by atoms with E-state index >= 15 is 0 Å². The molecule has 0 bridgehead atoms. The van der Waals surface area contributed by atoms with Gasteiger partial charge in [0.05, 0.1) is 30.5 Å². The Morgan fingerprint density at radius 2 is 1.88 bits per heavy atom. The van der Waals surface area contributed by atoms with Gasteiger partial charge in [-0.2, -0.15) is 15.1 Å². The molecule has 0 spiro atoms. The molecule has 1 N–H and O–H groups in total.